The standard InChI is InChI=1S/C8H14O2/c1-6-3-4-7(2)8(6)10-5-9/h5-8H,3-4H2,1-2H3. The van der Waals surface area contributed by atoms with Crippen molar-refractivity contribution in [3.8, 4) is 0 Å². The lowest BCUT2D eigenvalue weighted by Gasteiger charge is -2.16. The fourth-order valence-electron chi connectivity index (χ4n) is 1.75. The Bertz CT molecular complexity index is 112. The quantitative estimate of drug-likeness (QED) is 0.547. The first kappa shape index (κ1) is 7.58. The Morgan fingerprint density at radius 2 is 1.80 bits per heavy atom. The number of hydrogen-bond donors (Lipinski definition) is 0. The molecule has 0 heterocycles. The maximum absolute atomic E-state index is 10.0. The molecular formula is C8H14O2. The summed E-state index contributed by atoms with van der Waals surface area (Å²) < 4.78 is 4.95. The predicted octanol–water partition coefficient (Wildman–Crippen LogP) is 1.59. The van der Waals surface area contributed by atoms with Crippen LogP contribution in [0.15, 0.2) is 0 Å². The molecular weight excluding hydrogens is 128 g/mol. The fourth-order valence-corrected chi connectivity index (χ4v) is 1.75. The van der Waals surface area contributed by atoms with Gasteiger partial charge in [0, 0.05) is 0 Å². The van der Waals surface area contributed by atoms with E-state index in [-0.39, 0.29) is 6.10 Å². The minimum absolute atomic E-state index is 0.178. The number of hydrogen-bond acceptors (Lipinski definition) is 2. The summed E-state index contributed by atoms with van der Waals surface area (Å²) in [4.78, 5) is 10.0. The van der Waals surface area contributed by atoms with E-state index in [1.54, 1.807) is 0 Å². The van der Waals surface area contributed by atoms with E-state index in [2.05, 4.69) is 13.8 Å². The maximum Gasteiger partial charge on any atom is 0.293 e. The predicted molar refractivity (Wildman–Crippen MR) is 38.5 cm³/mol. The molecule has 2 unspecified atom stereocenters. The normalized spacial score (nSPS) is 39.6. The van der Waals surface area contributed by atoms with E-state index in [1.165, 1.54) is 12.8 Å². The molecule has 0 amide bonds. The molecule has 0 aromatic heterocycles. The average molecular weight is 142 g/mol. The molecule has 2 nitrogen and oxygen atoms in total. The number of ether oxygens (including phenoxy) is 1. The topological polar surface area (TPSA) is 26.3 Å². The molecule has 1 aliphatic carbocycles. The van der Waals surface area contributed by atoms with Gasteiger partial charge in [-0.1, -0.05) is 13.8 Å². The molecule has 0 aliphatic heterocycles. The zero-order valence-corrected chi connectivity index (χ0v) is 6.54. The van der Waals surface area contributed by atoms with Crippen LogP contribution in [0.3, 0.4) is 0 Å². The van der Waals surface area contributed by atoms with Crippen LogP contribution < -0.4 is 0 Å². The van der Waals surface area contributed by atoms with Crippen LogP contribution in [0.25, 0.3) is 0 Å². The third-order valence-corrected chi connectivity index (χ3v) is 2.41. The number of carbonyl (C=O) groups excluding carboxylic acids is 1. The molecule has 2 atom stereocenters. The molecule has 0 radical (unpaired) electrons. The molecule has 2 heteroatoms. The highest BCUT2D eigenvalue weighted by molar-refractivity contribution is 5.37. The van der Waals surface area contributed by atoms with Gasteiger partial charge in [-0.25, -0.2) is 0 Å². The van der Waals surface area contributed by atoms with E-state index >= 15 is 0 Å². The first-order valence-electron chi connectivity index (χ1n) is 3.84. The summed E-state index contributed by atoms with van der Waals surface area (Å²) in [6, 6.07) is 0. The molecule has 10 heavy (non-hydrogen) atoms. The minimum atomic E-state index is 0.178. The smallest absolute Gasteiger partial charge is 0.293 e. The van der Waals surface area contributed by atoms with Gasteiger partial charge in [0.2, 0.25) is 0 Å². The number of rotatable bonds is 2. The molecule has 58 valence electrons. The molecule has 0 spiro atoms. The summed E-state index contributed by atoms with van der Waals surface area (Å²) in [5.74, 6) is 1.11. The first-order chi connectivity index (χ1) is 4.75. The summed E-state index contributed by atoms with van der Waals surface area (Å²) in [5.41, 5.74) is 0. The average Bonchev–Trinajstić information content (AvgIpc) is 2.20. The second kappa shape index (κ2) is 3.04. The van der Waals surface area contributed by atoms with Gasteiger partial charge in [0.25, 0.3) is 6.47 Å². The van der Waals surface area contributed by atoms with Crippen LogP contribution in [-0.4, -0.2) is 12.6 Å². The molecule has 1 rings (SSSR count). The Morgan fingerprint density at radius 3 is 2.20 bits per heavy atom. The van der Waals surface area contributed by atoms with Crippen molar-refractivity contribution >= 4 is 6.47 Å². The van der Waals surface area contributed by atoms with Crippen LogP contribution in [0.1, 0.15) is 26.7 Å². The molecule has 0 aromatic rings. The lowest BCUT2D eigenvalue weighted by Crippen LogP contribution is -2.20. The summed E-state index contributed by atoms with van der Waals surface area (Å²) in [7, 11) is 0. The second-order valence-electron chi connectivity index (χ2n) is 3.23. The SMILES string of the molecule is CC1CCC(C)C1OC=O. The third kappa shape index (κ3) is 1.31. The van der Waals surface area contributed by atoms with Gasteiger partial charge in [-0.3, -0.25) is 4.79 Å². The van der Waals surface area contributed by atoms with Crippen molar-refractivity contribution in [1.82, 2.24) is 0 Å². The summed E-state index contributed by atoms with van der Waals surface area (Å²) in [6.07, 6.45) is 2.57. The molecule has 0 N–H and O–H groups in total. The van der Waals surface area contributed by atoms with Gasteiger partial charge in [0.05, 0.1) is 0 Å². The lowest BCUT2D eigenvalue weighted by molar-refractivity contribution is -0.136. The van der Waals surface area contributed by atoms with Crippen molar-refractivity contribution in [2.45, 2.75) is 32.8 Å². The van der Waals surface area contributed by atoms with Crippen LogP contribution in [0.4, 0.5) is 0 Å². The zero-order chi connectivity index (χ0) is 7.56. The second-order valence-corrected chi connectivity index (χ2v) is 3.23. The van der Waals surface area contributed by atoms with E-state index in [0.29, 0.717) is 18.3 Å². The minimum Gasteiger partial charge on any atom is -0.464 e. The van der Waals surface area contributed by atoms with E-state index in [4.69, 9.17) is 4.74 Å². The fraction of sp³-hybridized carbons (Fsp3) is 0.875. The van der Waals surface area contributed by atoms with Gasteiger partial charge in [-0.2, -0.15) is 0 Å². The monoisotopic (exact) mass is 142 g/mol. The Morgan fingerprint density at radius 1 is 1.30 bits per heavy atom. The lowest BCUT2D eigenvalue weighted by atomic mass is 10.0. The zero-order valence-electron chi connectivity index (χ0n) is 6.54. The molecule has 0 saturated heterocycles. The van der Waals surface area contributed by atoms with Crippen molar-refractivity contribution in [2.24, 2.45) is 11.8 Å². The van der Waals surface area contributed by atoms with Crippen molar-refractivity contribution in [2.75, 3.05) is 0 Å². The Hall–Kier alpha value is -0.530. The summed E-state index contributed by atoms with van der Waals surface area (Å²) in [5, 5.41) is 0. The highest BCUT2D eigenvalue weighted by atomic mass is 16.5. The molecule has 0 aromatic carbocycles. The van der Waals surface area contributed by atoms with Crippen molar-refractivity contribution in [1.29, 1.82) is 0 Å². The van der Waals surface area contributed by atoms with Gasteiger partial charge in [0.1, 0.15) is 6.10 Å². The molecule has 1 saturated carbocycles. The Kier molecular flexibility index (Phi) is 2.30. The van der Waals surface area contributed by atoms with Gasteiger partial charge in [-0.05, 0) is 24.7 Å². The van der Waals surface area contributed by atoms with Crippen LogP contribution in [0, 0.1) is 11.8 Å². The van der Waals surface area contributed by atoms with E-state index < -0.39 is 0 Å². The van der Waals surface area contributed by atoms with Crippen molar-refractivity contribution in [3.05, 3.63) is 0 Å². The summed E-state index contributed by atoms with van der Waals surface area (Å²) in [6.45, 7) is 4.85. The van der Waals surface area contributed by atoms with Crippen molar-refractivity contribution < 1.29 is 9.53 Å². The largest absolute Gasteiger partial charge is 0.464 e. The number of carbonyl (C=O) groups is 1. The van der Waals surface area contributed by atoms with Crippen LogP contribution in [-0.2, 0) is 9.53 Å². The Balaban J connectivity index is 2.45. The summed E-state index contributed by atoms with van der Waals surface area (Å²) >= 11 is 0. The molecule has 1 fully saturated rings. The molecule has 0 bridgehead atoms. The van der Waals surface area contributed by atoms with Crippen molar-refractivity contribution in [3.63, 3.8) is 0 Å². The van der Waals surface area contributed by atoms with Crippen LogP contribution in [0.5, 0.6) is 0 Å². The van der Waals surface area contributed by atoms with Crippen LogP contribution >= 0.6 is 0 Å². The van der Waals surface area contributed by atoms with Gasteiger partial charge in [0.15, 0.2) is 0 Å². The van der Waals surface area contributed by atoms with Gasteiger partial charge in [-0.15, -0.1) is 0 Å². The highest BCUT2D eigenvalue weighted by Crippen LogP contribution is 2.32. The van der Waals surface area contributed by atoms with Gasteiger partial charge < -0.3 is 4.74 Å². The Labute approximate surface area is 61.6 Å². The van der Waals surface area contributed by atoms with E-state index in [1.807, 2.05) is 0 Å². The van der Waals surface area contributed by atoms with Crippen LogP contribution in [0.2, 0.25) is 0 Å². The maximum atomic E-state index is 10.0. The third-order valence-electron chi connectivity index (χ3n) is 2.41. The molecule has 1 aliphatic rings. The van der Waals surface area contributed by atoms with Gasteiger partial charge >= 0.3 is 0 Å². The first-order valence-corrected chi connectivity index (χ1v) is 3.84. The van der Waals surface area contributed by atoms with E-state index in [9.17, 15) is 4.79 Å². The van der Waals surface area contributed by atoms with E-state index in [0.717, 1.165) is 0 Å². The highest BCUT2D eigenvalue weighted by Gasteiger charge is 2.31.